The van der Waals surface area contributed by atoms with Gasteiger partial charge in [-0.3, -0.25) is 58.5 Å². The molecule has 0 saturated carbocycles. The van der Waals surface area contributed by atoms with Crippen molar-refractivity contribution in [2.45, 2.75) is 49.6 Å². The SMILES string of the molecule is O=C1C(COCc2ccccc2)N2CCN3CCN4CCN1C2C43.O=C1CN2CCN3CCN4CCN1C2C34.O=C1CN2CCN3CCN4CCN1C4C32. The Morgan fingerprint density at radius 2 is 0.852 bits per heavy atom. The molecule has 0 bridgehead atoms. The molecule has 1 aromatic carbocycles. The first-order chi connectivity index (χ1) is 26.5. The van der Waals surface area contributed by atoms with E-state index in [1.807, 2.05) is 18.2 Å². The maximum Gasteiger partial charge on any atom is 0.243 e. The van der Waals surface area contributed by atoms with Crippen molar-refractivity contribution in [1.82, 2.24) is 58.8 Å². The number of benzene rings is 1. The number of hydrogen-bond acceptors (Lipinski definition) is 13. The van der Waals surface area contributed by atoms with E-state index in [0.717, 1.165) is 104 Å². The summed E-state index contributed by atoms with van der Waals surface area (Å²) in [6.45, 7) is 21.7. The molecule has 12 aliphatic heterocycles. The fourth-order valence-corrected chi connectivity index (χ4v) is 12.1. The van der Waals surface area contributed by atoms with E-state index in [1.165, 1.54) is 19.6 Å². The lowest BCUT2D eigenvalue weighted by Gasteiger charge is -2.49. The van der Waals surface area contributed by atoms with Crippen LogP contribution in [0.4, 0.5) is 0 Å². The standard InChI is InChI=1S/C18H24N4O2.2C10H16N4O/c23-18-15(13-24-12-14-4-2-1-3-5-14)21-10-8-19-6-7-20-9-11-22(18)17(21)16(19)20;15-8-7-13-4-3-11-1-2-12-5-6-14(8)10(12)9(11)13;15-8-7-13-4-3-11-1-2-12-5-6-14(8)10(13)9(11)12/h1-5,15-17H,6-13H2;2*9-10H,1-7H2. The van der Waals surface area contributed by atoms with Gasteiger partial charge in [0.2, 0.25) is 17.7 Å². The summed E-state index contributed by atoms with van der Waals surface area (Å²) in [5, 5.41) is 0. The monoisotopic (exact) mass is 744 g/mol. The number of carbonyl (C=O) groups is 3. The quantitative estimate of drug-likeness (QED) is 0.311. The van der Waals surface area contributed by atoms with E-state index < -0.39 is 0 Å². The number of nitrogens with zero attached hydrogens (tertiary/aromatic N) is 12. The molecule has 1 aromatic rings. The van der Waals surface area contributed by atoms with Gasteiger partial charge in [0.25, 0.3) is 0 Å². The molecule has 16 heteroatoms. The summed E-state index contributed by atoms with van der Waals surface area (Å²) in [6.07, 6.45) is 2.35. The molecular weight excluding hydrogens is 688 g/mol. The van der Waals surface area contributed by atoms with Crippen molar-refractivity contribution in [2.75, 3.05) is 138 Å². The molecule has 54 heavy (non-hydrogen) atoms. The molecule has 292 valence electrons. The van der Waals surface area contributed by atoms with Crippen LogP contribution in [0, 0.1) is 0 Å². The maximum absolute atomic E-state index is 12.9. The Kier molecular flexibility index (Phi) is 8.75. The van der Waals surface area contributed by atoms with E-state index in [0.29, 0.717) is 68.9 Å². The van der Waals surface area contributed by atoms with Gasteiger partial charge in [-0.15, -0.1) is 0 Å². The Morgan fingerprint density at radius 1 is 0.444 bits per heavy atom. The molecule has 0 aromatic heterocycles. The summed E-state index contributed by atoms with van der Waals surface area (Å²) in [5.41, 5.74) is 1.16. The second-order valence-corrected chi connectivity index (χ2v) is 17.1. The molecule has 12 saturated heterocycles. The summed E-state index contributed by atoms with van der Waals surface area (Å²) in [7, 11) is 0. The Bertz CT molecular complexity index is 1610. The highest BCUT2D eigenvalue weighted by molar-refractivity contribution is 5.85. The van der Waals surface area contributed by atoms with Gasteiger partial charge in [0.05, 0.1) is 44.8 Å². The van der Waals surface area contributed by atoms with Crippen molar-refractivity contribution < 1.29 is 19.1 Å². The van der Waals surface area contributed by atoms with Crippen molar-refractivity contribution in [3.05, 3.63) is 35.9 Å². The fourth-order valence-electron chi connectivity index (χ4n) is 12.1. The third-order valence-electron chi connectivity index (χ3n) is 14.7. The molecule has 16 nitrogen and oxygen atoms in total. The highest BCUT2D eigenvalue weighted by atomic mass is 16.5. The smallest absolute Gasteiger partial charge is 0.243 e. The zero-order valence-corrected chi connectivity index (χ0v) is 31.5. The minimum Gasteiger partial charge on any atom is -0.375 e. The van der Waals surface area contributed by atoms with E-state index in [-0.39, 0.29) is 18.1 Å². The van der Waals surface area contributed by atoms with E-state index in [4.69, 9.17) is 4.74 Å². The number of piperazine rings is 6. The maximum atomic E-state index is 12.9. The van der Waals surface area contributed by atoms with Gasteiger partial charge in [0, 0.05) is 118 Å². The van der Waals surface area contributed by atoms with Crippen molar-refractivity contribution in [3.8, 4) is 0 Å². The van der Waals surface area contributed by atoms with Crippen LogP contribution in [0.5, 0.6) is 0 Å². The Labute approximate surface area is 318 Å². The highest BCUT2D eigenvalue weighted by Crippen LogP contribution is 2.37. The van der Waals surface area contributed by atoms with Gasteiger partial charge in [-0.05, 0) is 5.56 Å². The minimum atomic E-state index is -0.110. The summed E-state index contributed by atoms with van der Waals surface area (Å²) in [5.74, 6) is 0.942. The Morgan fingerprint density at radius 3 is 1.43 bits per heavy atom. The molecule has 0 N–H and O–H groups in total. The second kappa shape index (κ2) is 13.7. The molecule has 3 amide bonds. The molecule has 13 rings (SSSR count). The van der Waals surface area contributed by atoms with Crippen molar-refractivity contribution >= 4 is 17.7 Å². The van der Waals surface area contributed by atoms with E-state index in [9.17, 15) is 14.4 Å². The Balaban J connectivity index is 0.0000000990. The lowest BCUT2D eigenvalue weighted by atomic mass is 10.1. The van der Waals surface area contributed by atoms with Crippen LogP contribution in [0.1, 0.15) is 5.56 Å². The van der Waals surface area contributed by atoms with Gasteiger partial charge in [0.15, 0.2) is 0 Å². The molecule has 12 aliphatic rings. The summed E-state index contributed by atoms with van der Waals surface area (Å²) in [6, 6.07) is 10.1. The van der Waals surface area contributed by atoms with Crippen LogP contribution < -0.4 is 0 Å². The average molecular weight is 745 g/mol. The molecular formula is C38H56N12O4. The van der Waals surface area contributed by atoms with Crippen LogP contribution in [0.25, 0.3) is 0 Å². The van der Waals surface area contributed by atoms with Crippen molar-refractivity contribution in [3.63, 3.8) is 0 Å². The molecule has 12 fully saturated rings. The van der Waals surface area contributed by atoms with Crippen LogP contribution in [0.2, 0.25) is 0 Å². The van der Waals surface area contributed by atoms with Crippen LogP contribution in [-0.2, 0) is 25.7 Å². The number of ether oxygens (including phenoxy) is 1. The number of rotatable bonds is 4. The van der Waals surface area contributed by atoms with Gasteiger partial charge in [-0.2, -0.15) is 0 Å². The summed E-state index contributed by atoms with van der Waals surface area (Å²) < 4.78 is 5.92. The summed E-state index contributed by atoms with van der Waals surface area (Å²) >= 11 is 0. The fraction of sp³-hybridized carbons (Fsp3) is 0.763. The third-order valence-corrected chi connectivity index (χ3v) is 14.7. The van der Waals surface area contributed by atoms with Gasteiger partial charge in [-0.25, -0.2) is 0 Å². The van der Waals surface area contributed by atoms with Gasteiger partial charge in [0.1, 0.15) is 24.5 Å². The summed E-state index contributed by atoms with van der Waals surface area (Å²) in [4.78, 5) is 65.3. The molecule has 12 heterocycles. The van der Waals surface area contributed by atoms with E-state index >= 15 is 0 Å². The van der Waals surface area contributed by atoms with E-state index in [2.05, 4.69) is 70.9 Å². The van der Waals surface area contributed by atoms with Crippen LogP contribution in [-0.4, -0.2) is 257 Å². The lowest BCUT2D eigenvalue weighted by molar-refractivity contribution is -0.151. The lowest BCUT2D eigenvalue weighted by Crippen LogP contribution is -2.68. The first kappa shape index (κ1) is 34.5. The number of hydrogen-bond donors (Lipinski definition) is 0. The second-order valence-electron chi connectivity index (χ2n) is 17.1. The van der Waals surface area contributed by atoms with Crippen LogP contribution >= 0.6 is 0 Å². The van der Waals surface area contributed by atoms with Crippen molar-refractivity contribution in [2.24, 2.45) is 0 Å². The minimum absolute atomic E-state index is 0.110. The average Bonchev–Trinajstić information content (AvgIpc) is 4.05. The predicted molar refractivity (Wildman–Crippen MR) is 197 cm³/mol. The normalized spacial score (nSPS) is 37.7. The van der Waals surface area contributed by atoms with Crippen molar-refractivity contribution in [1.29, 1.82) is 0 Å². The van der Waals surface area contributed by atoms with Crippen LogP contribution in [0.3, 0.4) is 0 Å². The molecule has 0 radical (unpaired) electrons. The first-order valence-electron chi connectivity index (χ1n) is 20.7. The molecule has 0 spiro atoms. The Hall–Kier alpha value is -2.77. The van der Waals surface area contributed by atoms with Gasteiger partial charge >= 0.3 is 0 Å². The number of amides is 3. The molecule has 7 atom stereocenters. The number of carbonyl (C=O) groups excluding carboxylic acids is 3. The zero-order chi connectivity index (χ0) is 36.1. The highest BCUT2D eigenvalue weighted by Gasteiger charge is 2.58. The third kappa shape index (κ3) is 5.50. The van der Waals surface area contributed by atoms with E-state index in [1.54, 1.807) is 0 Å². The topological polar surface area (TPSA) is 99.3 Å². The van der Waals surface area contributed by atoms with Gasteiger partial charge in [-0.1, -0.05) is 30.3 Å². The largest absolute Gasteiger partial charge is 0.375 e. The van der Waals surface area contributed by atoms with Crippen LogP contribution in [0.15, 0.2) is 30.3 Å². The zero-order valence-electron chi connectivity index (χ0n) is 31.5. The molecule has 7 unspecified atom stereocenters. The predicted octanol–water partition coefficient (Wildman–Crippen LogP) is -3.13. The first-order valence-corrected chi connectivity index (χ1v) is 20.7. The van der Waals surface area contributed by atoms with Gasteiger partial charge < -0.3 is 19.4 Å². The molecule has 0 aliphatic carbocycles.